The summed E-state index contributed by atoms with van der Waals surface area (Å²) in [6.45, 7) is 1.27. The van der Waals surface area contributed by atoms with Crippen molar-refractivity contribution < 1.29 is 29.3 Å². The fraction of sp³-hybridized carbons (Fsp3) is 0.467. The second-order valence-corrected chi connectivity index (χ2v) is 4.43. The van der Waals surface area contributed by atoms with E-state index in [-0.39, 0.29) is 17.7 Å². The van der Waals surface area contributed by atoms with E-state index in [1.54, 1.807) is 12.1 Å². The highest BCUT2D eigenvalue weighted by atomic mass is 16.6. The van der Waals surface area contributed by atoms with Crippen LogP contribution in [0.2, 0.25) is 0 Å². The summed E-state index contributed by atoms with van der Waals surface area (Å²) >= 11 is 0. The highest BCUT2D eigenvalue weighted by Gasteiger charge is 2.21. The minimum absolute atomic E-state index is 0.0471. The van der Waals surface area contributed by atoms with Crippen LogP contribution in [0.15, 0.2) is 24.3 Å². The van der Waals surface area contributed by atoms with Crippen molar-refractivity contribution in [1.29, 1.82) is 0 Å². The van der Waals surface area contributed by atoms with E-state index >= 15 is 0 Å². The molecule has 0 unspecified atom stereocenters. The van der Waals surface area contributed by atoms with Crippen molar-refractivity contribution in [2.75, 3.05) is 19.8 Å². The molecule has 0 fully saturated rings. The molecule has 0 bridgehead atoms. The Morgan fingerprint density at radius 2 is 1.67 bits per heavy atom. The monoisotopic (exact) mass is 296 g/mol. The predicted molar refractivity (Wildman–Crippen MR) is 75.0 cm³/mol. The molecule has 0 aliphatic carbocycles. The van der Waals surface area contributed by atoms with Gasteiger partial charge in [0.25, 0.3) is 0 Å². The van der Waals surface area contributed by atoms with Crippen molar-refractivity contribution in [3.8, 4) is 0 Å². The van der Waals surface area contributed by atoms with Crippen LogP contribution < -0.4 is 0 Å². The number of hydrogen-bond acceptors (Lipinski definition) is 6. The number of carbonyl (C=O) groups is 2. The molecule has 0 aliphatic heterocycles. The van der Waals surface area contributed by atoms with E-state index in [1.165, 1.54) is 12.1 Å². The van der Waals surface area contributed by atoms with E-state index in [0.717, 1.165) is 12.8 Å². The van der Waals surface area contributed by atoms with Crippen molar-refractivity contribution in [2.24, 2.45) is 0 Å². The summed E-state index contributed by atoms with van der Waals surface area (Å²) in [6, 6.07) is 6.11. The Labute approximate surface area is 123 Å². The maximum atomic E-state index is 12.0. The van der Waals surface area contributed by atoms with Crippen LogP contribution in [0.5, 0.6) is 0 Å². The molecular formula is C15H20O6. The molecule has 0 atom stereocenters. The summed E-state index contributed by atoms with van der Waals surface area (Å²) in [5.74, 6) is -1.38. The van der Waals surface area contributed by atoms with Gasteiger partial charge in [0.1, 0.15) is 6.10 Å². The number of hydrogen-bond donors (Lipinski definition) is 2. The van der Waals surface area contributed by atoms with Crippen molar-refractivity contribution in [3.05, 3.63) is 35.4 Å². The lowest BCUT2D eigenvalue weighted by Crippen LogP contribution is -2.26. The Kier molecular flexibility index (Phi) is 7.42. The first-order chi connectivity index (χ1) is 10.1. The molecule has 1 aromatic carbocycles. The van der Waals surface area contributed by atoms with E-state index < -0.39 is 31.3 Å². The van der Waals surface area contributed by atoms with Gasteiger partial charge in [-0.25, -0.2) is 9.59 Å². The molecular weight excluding hydrogens is 276 g/mol. The third-order valence-electron chi connectivity index (χ3n) is 2.78. The maximum Gasteiger partial charge on any atom is 0.339 e. The van der Waals surface area contributed by atoms with Gasteiger partial charge in [0.05, 0.1) is 30.9 Å². The number of aliphatic hydroxyl groups excluding tert-OH is 2. The van der Waals surface area contributed by atoms with Crippen molar-refractivity contribution >= 4 is 11.9 Å². The zero-order chi connectivity index (χ0) is 15.7. The van der Waals surface area contributed by atoms with Gasteiger partial charge in [-0.3, -0.25) is 0 Å². The van der Waals surface area contributed by atoms with Crippen LogP contribution in [-0.4, -0.2) is 48.1 Å². The average molecular weight is 296 g/mol. The summed E-state index contributed by atoms with van der Waals surface area (Å²) in [6.07, 6.45) is 0.628. The van der Waals surface area contributed by atoms with Crippen LogP contribution in [0.25, 0.3) is 0 Å². The summed E-state index contributed by atoms with van der Waals surface area (Å²) in [5.41, 5.74) is 0.152. The van der Waals surface area contributed by atoms with Gasteiger partial charge in [-0.05, 0) is 18.6 Å². The molecule has 0 saturated carbocycles. The lowest BCUT2D eigenvalue weighted by atomic mass is 10.1. The topological polar surface area (TPSA) is 93.1 Å². The van der Waals surface area contributed by atoms with Gasteiger partial charge in [-0.2, -0.15) is 0 Å². The van der Waals surface area contributed by atoms with Gasteiger partial charge in [-0.15, -0.1) is 0 Å². The summed E-state index contributed by atoms with van der Waals surface area (Å²) < 4.78 is 9.98. The Morgan fingerprint density at radius 1 is 1.10 bits per heavy atom. The lowest BCUT2D eigenvalue weighted by molar-refractivity contribution is -0.00572. The van der Waals surface area contributed by atoms with Crippen LogP contribution >= 0.6 is 0 Å². The summed E-state index contributed by atoms with van der Waals surface area (Å²) in [7, 11) is 0. The Hall–Kier alpha value is -1.92. The molecule has 6 heteroatoms. The van der Waals surface area contributed by atoms with Crippen molar-refractivity contribution in [2.45, 2.75) is 25.9 Å². The lowest BCUT2D eigenvalue weighted by Gasteiger charge is -2.14. The Balaban J connectivity index is 2.83. The van der Waals surface area contributed by atoms with Gasteiger partial charge in [0.15, 0.2) is 0 Å². The fourth-order valence-corrected chi connectivity index (χ4v) is 1.57. The highest BCUT2D eigenvalue weighted by molar-refractivity contribution is 6.03. The predicted octanol–water partition coefficient (Wildman–Crippen LogP) is 1.15. The fourth-order valence-electron chi connectivity index (χ4n) is 1.57. The number of aliphatic hydroxyl groups is 2. The van der Waals surface area contributed by atoms with E-state index in [9.17, 15) is 9.59 Å². The minimum Gasteiger partial charge on any atom is -0.462 e. The molecule has 0 amide bonds. The average Bonchev–Trinajstić information content (AvgIpc) is 2.52. The molecule has 0 heterocycles. The first-order valence-electron chi connectivity index (χ1n) is 6.82. The van der Waals surface area contributed by atoms with Crippen LogP contribution in [0, 0.1) is 0 Å². The SMILES string of the molecule is CCCCOC(=O)c1ccccc1C(=O)OC(CO)CO. The number of unbranched alkanes of at least 4 members (excludes halogenated alkanes) is 1. The van der Waals surface area contributed by atoms with Crippen LogP contribution in [0.1, 0.15) is 40.5 Å². The molecule has 0 aromatic heterocycles. The number of carbonyl (C=O) groups excluding carboxylic acids is 2. The first-order valence-corrected chi connectivity index (χ1v) is 6.82. The normalized spacial score (nSPS) is 10.5. The maximum absolute atomic E-state index is 12.0. The van der Waals surface area contributed by atoms with Crippen molar-refractivity contribution in [3.63, 3.8) is 0 Å². The zero-order valence-electron chi connectivity index (χ0n) is 11.9. The molecule has 21 heavy (non-hydrogen) atoms. The molecule has 1 rings (SSSR count). The van der Waals surface area contributed by atoms with Crippen molar-refractivity contribution in [1.82, 2.24) is 0 Å². The quantitative estimate of drug-likeness (QED) is 0.552. The number of ether oxygens (including phenoxy) is 2. The molecule has 116 valence electrons. The third kappa shape index (κ3) is 5.17. The zero-order valence-corrected chi connectivity index (χ0v) is 11.9. The van der Waals surface area contributed by atoms with E-state index in [4.69, 9.17) is 19.7 Å². The van der Waals surface area contributed by atoms with Crippen LogP contribution in [0.3, 0.4) is 0 Å². The molecule has 6 nitrogen and oxygen atoms in total. The van der Waals surface area contributed by atoms with Gasteiger partial charge in [0, 0.05) is 0 Å². The summed E-state index contributed by atoms with van der Waals surface area (Å²) in [4.78, 5) is 23.9. The van der Waals surface area contributed by atoms with Gasteiger partial charge in [-0.1, -0.05) is 25.5 Å². The number of rotatable bonds is 8. The van der Waals surface area contributed by atoms with Gasteiger partial charge >= 0.3 is 11.9 Å². The third-order valence-corrected chi connectivity index (χ3v) is 2.78. The first kappa shape index (κ1) is 17.1. The van der Waals surface area contributed by atoms with Crippen LogP contribution in [-0.2, 0) is 9.47 Å². The molecule has 0 saturated heterocycles. The second-order valence-electron chi connectivity index (χ2n) is 4.43. The summed E-state index contributed by atoms with van der Waals surface area (Å²) in [5, 5.41) is 17.8. The van der Waals surface area contributed by atoms with Gasteiger partial charge < -0.3 is 19.7 Å². The number of esters is 2. The Morgan fingerprint density at radius 3 is 2.19 bits per heavy atom. The molecule has 2 N–H and O–H groups in total. The van der Waals surface area contributed by atoms with E-state index in [2.05, 4.69) is 0 Å². The molecule has 0 aliphatic rings. The highest BCUT2D eigenvalue weighted by Crippen LogP contribution is 2.13. The van der Waals surface area contributed by atoms with Gasteiger partial charge in [0.2, 0.25) is 0 Å². The Bertz CT molecular complexity index is 467. The smallest absolute Gasteiger partial charge is 0.339 e. The van der Waals surface area contributed by atoms with E-state index in [1.807, 2.05) is 6.92 Å². The standard InChI is InChI=1S/C15H20O6/c1-2-3-8-20-14(18)12-6-4-5-7-13(12)15(19)21-11(9-16)10-17/h4-7,11,16-17H,2-3,8-10H2,1H3. The minimum atomic E-state index is -1.01. The molecule has 0 radical (unpaired) electrons. The van der Waals surface area contributed by atoms with E-state index in [0.29, 0.717) is 0 Å². The molecule has 0 spiro atoms. The van der Waals surface area contributed by atoms with Crippen LogP contribution in [0.4, 0.5) is 0 Å². The second kappa shape index (κ2) is 9.10. The number of benzene rings is 1. The molecule has 1 aromatic rings. The largest absolute Gasteiger partial charge is 0.462 e.